The molecule has 18 heavy (non-hydrogen) atoms. The van der Waals surface area contributed by atoms with E-state index in [4.69, 9.17) is 10.4 Å². The summed E-state index contributed by atoms with van der Waals surface area (Å²) in [6, 6.07) is 7.40. The summed E-state index contributed by atoms with van der Waals surface area (Å²) in [5.74, 6) is -1.81. The van der Waals surface area contributed by atoms with Crippen molar-refractivity contribution in [2.75, 3.05) is 0 Å². The molecule has 1 aromatic heterocycles. The average Bonchev–Trinajstić information content (AvgIpc) is 2.39. The lowest BCUT2D eigenvalue weighted by Gasteiger charge is -2.04. The Labute approximate surface area is 102 Å². The molecule has 2 aromatic rings. The predicted octanol–water partition coefficient (Wildman–Crippen LogP) is 2.46. The van der Waals surface area contributed by atoms with E-state index in [2.05, 4.69) is 4.98 Å². The maximum atomic E-state index is 13.9. The Balaban J connectivity index is 2.59. The highest BCUT2D eigenvalue weighted by Gasteiger charge is 2.11. The molecule has 0 radical (unpaired) electrons. The third-order valence-corrected chi connectivity index (χ3v) is 2.42. The molecular weight excluding hydrogens is 235 g/mol. The van der Waals surface area contributed by atoms with Crippen LogP contribution in [0.5, 0.6) is 0 Å². The van der Waals surface area contributed by atoms with Gasteiger partial charge in [-0.15, -0.1) is 0 Å². The second-order valence-electron chi connectivity index (χ2n) is 3.55. The first kappa shape index (κ1) is 11.7. The summed E-state index contributed by atoms with van der Waals surface area (Å²) in [6.07, 6.45) is 2.53. The zero-order chi connectivity index (χ0) is 13.1. The number of hydrogen-bond acceptors (Lipinski definition) is 3. The summed E-state index contributed by atoms with van der Waals surface area (Å²) in [6.45, 7) is 0. The van der Waals surface area contributed by atoms with E-state index in [-0.39, 0.29) is 16.7 Å². The molecule has 0 bridgehead atoms. The van der Waals surface area contributed by atoms with Crippen LogP contribution in [0.2, 0.25) is 0 Å². The molecule has 0 aliphatic carbocycles. The smallest absolute Gasteiger partial charge is 0.337 e. The molecule has 1 heterocycles. The largest absolute Gasteiger partial charge is 0.478 e. The first-order valence-electron chi connectivity index (χ1n) is 5.01. The second kappa shape index (κ2) is 4.63. The van der Waals surface area contributed by atoms with Crippen molar-refractivity contribution in [3.05, 3.63) is 53.6 Å². The fourth-order valence-electron chi connectivity index (χ4n) is 1.55. The van der Waals surface area contributed by atoms with Gasteiger partial charge < -0.3 is 5.11 Å². The van der Waals surface area contributed by atoms with Gasteiger partial charge in [0.05, 0.1) is 11.1 Å². The average molecular weight is 242 g/mol. The molecule has 4 nitrogen and oxygen atoms in total. The lowest BCUT2D eigenvalue weighted by Crippen LogP contribution is -1.98. The molecule has 2 rings (SSSR count). The molecule has 1 aromatic carbocycles. The number of rotatable bonds is 2. The maximum absolute atomic E-state index is 13.9. The number of hydrogen-bond donors (Lipinski definition) is 1. The highest BCUT2D eigenvalue weighted by molar-refractivity contribution is 5.88. The Morgan fingerprint density at radius 1 is 1.39 bits per heavy atom. The lowest BCUT2D eigenvalue weighted by molar-refractivity contribution is 0.0696. The van der Waals surface area contributed by atoms with Gasteiger partial charge in [-0.1, -0.05) is 12.1 Å². The highest BCUT2D eigenvalue weighted by Crippen LogP contribution is 2.24. The minimum atomic E-state index is -1.14. The van der Waals surface area contributed by atoms with Gasteiger partial charge in [0.25, 0.3) is 0 Å². The highest BCUT2D eigenvalue weighted by atomic mass is 19.1. The molecule has 0 aliphatic rings. The van der Waals surface area contributed by atoms with Gasteiger partial charge in [0.1, 0.15) is 11.9 Å². The second-order valence-corrected chi connectivity index (χ2v) is 3.55. The van der Waals surface area contributed by atoms with E-state index in [1.54, 1.807) is 6.07 Å². The van der Waals surface area contributed by atoms with Crippen LogP contribution in [0, 0.1) is 17.1 Å². The van der Waals surface area contributed by atoms with Crippen molar-refractivity contribution >= 4 is 5.97 Å². The Morgan fingerprint density at radius 3 is 2.83 bits per heavy atom. The molecule has 0 fully saturated rings. The Hall–Kier alpha value is -2.74. The van der Waals surface area contributed by atoms with Crippen molar-refractivity contribution in [1.82, 2.24) is 4.98 Å². The number of carbonyl (C=O) groups is 1. The van der Waals surface area contributed by atoms with Crippen molar-refractivity contribution in [1.29, 1.82) is 5.26 Å². The molecule has 0 aliphatic heterocycles. The van der Waals surface area contributed by atoms with Crippen LogP contribution in [0.3, 0.4) is 0 Å². The van der Waals surface area contributed by atoms with E-state index >= 15 is 0 Å². The molecule has 0 saturated carbocycles. The Kier molecular flexibility index (Phi) is 3.02. The quantitative estimate of drug-likeness (QED) is 0.877. The van der Waals surface area contributed by atoms with E-state index < -0.39 is 11.8 Å². The third kappa shape index (κ3) is 2.04. The molecular formula is C13H7FN2O2. The number of halogens is 1. The monoisotopic (exact) mass is 242 g/mol. The van der Waals surface area contributed by atoms with Crippen LogP contribution in [0.25, 0.3) is 11.1 Å². The van der Waals surface area contributed by atoms with Crippen molar-refractivity contribution in [3.8, 4) is 17.2 Å². The summed E-state index contributed by atoms with van der Waals surface area (Å²) < 4.78 is 13.9. The van der Waals surface area contributed by atoms with Crippen LogP contribution in [-0.4, -0.2) is 16.1 Å². The van der Waals surface area contributed by atoms with Gasteiger partial charge in [-0.2, -0.15) is 5.26 Å². The van der Waals surface area contributed by atoms with Crippen molar-refractivity contribution in [2.24, 2.45) is 0 Å². The molecule has 0 amide bonds. The van der Waals surface area contributed by atoms with Crippen LogP contribution < -0.4 is 0 Å². The van der Waals surface area contributed by atoms with Crippen LogP contribution >= 0.6 is 0 Å². The molecule has 0 spiro atoms. The zero-order valence-electron chi connectivity index (χ0n) is 9.09. The molecule has 5 heteroatoms. The molecule has 0 saturated heterocycles. The number of carboxylic acid groups (broad SMARTS) is 1. The predicted molar refractivity (Wildman–Crippen MR) is 61.3 cm³/mol. The number of aromatic nitrogens is 1. The number of nitrogens with zero attached hydrogens (tertiary/aromatic N) is 2. The van der Waals surface area contributed by atoms with Gasteiger partial charge in [0.2, 0.25) is 0 Å². The Bertz CT molecular complexity index is 662. The summed E-state index contributed by atoms with van der Waals surface area (Å²) in [4.78, 5) is 14.6. The van der Waals surface area contributed by atoms with Gasteiger partial charge in [0.15, 0.2) is 0 Å². The number of benzene rings is 1. The van der Waals surface area contributed by atoms with Crippen molar-refractivity contribution < 1.29 is 14.3 Å². The first-order chi connectivity index (χ1) is 8.63. The number of pyridine rings is 1. The first-order valence-corrected chi connectivity index (χ1v) is 5.01. The van der Waals surface area contributed by atoms with Crippen molar-refractivity contribution in [3.63, 3.8) is 0 Å². The van der Waals surface area contributed by atoms with Crippen molar-refractivity contribution in [2.45, 2.75) is 0 Å². The summed E-state index contributed by atoms with van der Waals surface area (Å²) in [5.41, 5.74) is 0.358. The van der Waals surface area contributed by atoms with E-state index in [1.165, 1.54) is 36.7 Å². The van der Waals surface area contributed by atoms with Gasteiger partial charge in [0, 0.05) is 23.5 Å². The van der Waals surface area contributed by atoms with Crippen LogP contribution in [0.15, 0.2) is 36.7 Å². The number of carboxylic acids is 1. The summed E-state index contributed by atoms with van der Waals surface area (Å²) in [7, 11) is 0. The SMILES string of the molecule is N#Cc1cccc(-c2cncc(C(=O)O)c2)c1F. The van der Waals surface area contributed by atoms with Gasteiger partial charge >= 0.3 is 5.97 Å². The fourth-order valence-corrected chi connectivity index (χ4v) is 1.55. The van der Waals surface area contributed by atoms with Crippen LogP contribution in [0.4, 0.5) is 4.39 Å². The molecule has 88 valence electrons. The zero-order valence-corrected chi connectivity index (χ0v) is 9.09. The fraction of sp³-hybridized carbons (Fsp3) is 0. The van der Waals surface area contributed by atoms with Gasteiger partial charge in [-0.05, 0) is 12.1 Å². The normalized spacial score (nSPS) is 9.78. The van der Waals surface area contributed by atoms with Gasteiger partial charge in [-0.3, -0.25) is 4.98 Å². The van der Waals surface area contributed by atoms with Crippen LogP contribution in [0.1, 0.15) is 15.9 Å². The van der Waals surface area contributed by atoms with E-state index in [1.807, 2.05) is 0 Å². The van der Waals surface area contributed by atoms with Crippen LogP contribution in [-0.2, 0) is 0 Å². The van der Waals surface area contributed by atoms with E-state index in [0.717, 1.165) is 0 Å². The molecule has 0 unspecified atom stereocenters. The third-order valence-electron chi connectivity index (χ3n) is 2.42. The summed E-state index contributed by atoms with van der Waals surface area (Å²) >= 11 is 0. The number of aromatic carboxylic acids is 1. The minimum Gasteiger partial charge on any atom is -0.478 e. The standard InChI is InChI=1S/C13H7FN2O2/c14-12-8(5-15)2-1-3-11(12)9-4-10(13(17)18)7-16-6-9/h1-4,6-7H,(H,17,18). The van der Waals surface area contributed by atoms with E-state index in [9.17, 15) is 9.18 Å². The lowest BCUT2D eigenvalue weighted by atomic mass is 10.0. The molecule has 1 N–H and O–H groups in total. The summed E-state index contributed by atoms with van der Waals surface area (Å²) in [5, 5.41) is 17.6. The Morgan fingerprint density at radius 2 is 2.17 bits per heavy atom. The minimum absolute atomic E-state index is 0.0331. The maximum Gasteiger partial charge on any atom is 0.337 e. The topological polar surface area (TPSA) is 74.0 Å². The molecule has 0 atom stereocenters. The van der Waals surface area contributed by atoms with Gasteiger partial charge in [-0.25, -0.2) is 9.18 Å². The number of nitriles is 1. The van der Waals surface area contributed by atoms with E-state index in [0.29, 0.717) is 5.56 Å².